The molecule has 1 saturated carbocycles. The van der Waals surface area contributed by atoms with E-state index >= 15 is 0 Å². The van der Waals surface area contributed by atoms with Crippen molar-refractivity contribution in [2.24, 2.45) is 0 Å². The van der Waals surface area contributed by atoms with E-state index in [-0.39, 0.29) is 0 Å². The van der Waals surface area contributed by atoms with Gasteiger partial charge in [-0.2, -0.15) is 0 Å². The molecule has 1 aliphatic carbocycles. The van der Waals surface area contributed by atoms with Crippen molar-refractivity contribution in [2.75, 3.05) is 0 Å². The van der Waals surface area contributed by atoms with E-state index in [2.05, 4.69) is 41.5 Å². The van der Waals surface area contributed by atoms with Crippen LogP contribution in [0.25, 0.3) is 0 Å². The normalized spacial score (nSPS) is 20.3. The van der Waals surface area contributed by atoms with Crippen LogP contribution < -0.4 is 0 Å². The third-order valence-electron chi connectivity index (χ3n) is 3.82. The van der Waals surface area contributed by atoms with Crippen molar-refractivity contribution < 1.29 is 4.18 Å². The Balaban J connectivity index is 2.82. The number of rotatable bonds is 5. The fourth-order valence-electron chi connectivity index (χ4n) is 3.19. The van der Waals surface area contributed by atoms with Crippen molar-refractivity contribution in [1.82, 2.24) is 0 Å². The SMILES string of the molecule is CC(C)S(OC1CCCC1)(C(C)C)C(C)C. The molecular weight excluding hydrogens is 216 g/mol. The molecule has 98 valence electrons. The molecule has 1 nitrogen and oxygen atoms in total. The van der Waals surface area contributed by atoms with Crippen LogP contribution in [0.2, 0.25) is 0 Å². The van der Waals surface area contributed by atoms with E-state index in [1.807, 2.05) is 0 Å². The molecule has 1 rings (SSSR count). The van der Waals surface area contributed by atoms with Gasteiger partial charge in [0, 0.05) is 15.7 Å². The molecule has 0 aromatic carbocycles. The maximum Gasteiger partial charge on any atom is 0.0701 e. The lowest BCUT2D eigenvalue weighted by atomic mass is 10.3. The fourth-order valence-corrected chi connectivity index (χ4v) is 7.78. The van der Waals surface area contributed by atoms with Gasteiger partial charge in [0.2, 0.25) is 0 Å². The van der Waals surface area contributed by atoms with Crippen molar-refractivity contribution >= 4 is 10.3 Å². The van der Waals surface area contributed by atoms with Gasteiger partial charge >= 0.3 is 0 Å². The van der Waals surface area contributed by atoms with E-state index < -0.39 is 10.3 Å². The van der Waals surface area contributed by atoms with Gasteiger partial charge in [0.15, 0.2) is 0 Å². The van der Waals surface area contributed by atoms with Crippen LogP contribution in [0.15, 0.2) is 0 Å². The van der Waals surface area contributed by atoms with E-state index in [0.717, 1.165) is 0 Å². The van der Waals surface area contributed by atoms with Crippen LogP contribution in [0.5, 0.6) is 0 Å². The summed E-state index contributed by atoms with van der Waals surface area (Å²) in [6.07, 6.45) is 5.88. The lowest BCUT2D eigenvalue weighted by Crippen LogP contribution is -2.33. The van der Waals surface area contributed by atoms with Gasteiger partial charge in [-0.05, 0) is 12.8 Å². The Morgan fingerprint density at radius 1 is 0.812 bits per heavy atom. The van der Waals surface area contributed by atoms with Gasteiger partial charge in [0.1, 0.15) is 0 Å². The molecule has 0 atom stereocenters. The van der Waals surface area contributed by atoms with Crippen LogP contribution in [0.3, 0.4) is 0 Å². The average molecular weight is 246 g/mol. The summed E-state index contributed by atoms with van der Waals surface area (Å²) in [6.45, 7) is 14.1. The third-order valence-corrected chi connectivity index (χ3v) is 8.84. The Morgan fingerprint density at radius 3 is 1.50 bits per heavy atom. The molecule has 1 fully saturated rings. The fraction of sp³-hybridized carbons (Fsp3) is 1.00. The summed E-state index contributed by atoms with van der Waals surface area (Å²) in [5.41, 5.74) is 0. The summed E-state index contributed by atoms with van der Waals surface area (Å²) in [5, 5.41) is 2.02. The van der Waals surface area contributed by atoms with Gasteiger partial charge in [-0.3, -0.25) is 0 Å². The van der Waals surface area contributed by atoms with E-state index in [1.165, 1.54) is 25.7 Å². The van der Waals surface area contributed by atoms with E-state index in [0.29, 0.717) is 21.9 Å². The van der Waals surface area contributed by atoms with Gasteiger partial charge in [0.05, 0.1) is 6.10 Å². The molecule has 2 heteroatoms. The van der Waals surface area contributed by atoms with Crippen molar-refractivity contribution in [1.29, 1.82) is 0 Å². The van der Waals surface area contributed by atoms with E-state index in [4.69, 9.17) is 4.18 Å². The first-order valence-electron chi connectivity index (χ1n) is 6.89. The summed E-state index contributed by atoms with van der Waals surface area (Å²) in [7, 11) is -0.930. The maximum atomic E-state index is 6.67. The Hall–Kier alpha value is 0.310. The molecule has 0 aliphatic heterocycles. The lowest BCUT2D eigenvalue weighted by Gasteiger charge is -2.51. The number of hydrogen-bond acceptors (Lipinski definition) is 1. The quantitative estimate of drug-likeness (QED) is 0.671. The van der Waals surface area contributed by atoms with E-state index in [1.54, 1.807) is 0 Å². The van der Waals surface area contributed by atoms with Crippen LogP contribution in [0.1, 0.15) is 67.2 Å². The van der Waals surface area contributed by atoms with Crippen LogP contribution in [-0.2, 0) is 4.18 Å². The second-order valence-corrected chi connectivity index (χ2v) is 10.3. The topological polar surface area (TPSA) is 9.23 Å². The molecule has 0 N–H and O–H groups in total. The molecule has 0 aromatic heterocycles. The summed E-state index contributed by atoms with van der Waals surface area (Å²) in [5.74, 6) is 0. The molecule has 0 radical (unpaired) electrons. The van der Waals surface area contributed by atoms with Crippen molar-refractivity contribution in [3.8, 4) is 0 Å². The first-order valence-corrected chi connectivity index (χ1v) is 8.64. The average Bonchev–Trinajstić information content (AvgIpc) is 2.64. The molecule has 0 amide bonds. The van der Waals surface area contributed by atoms with Crippen LogP contribution >= 0.6 is 10.3 Å². The standard InChI is InChI=1S/C14H30OS/c1-11(2)16(12(3)4,13(5)6)15-14-9-7-8-10-14/h11-14H,7-10H2,1-6H3. The summed E-state index contributed by atoms with van der Waals surface area (Å²) < 4.78 is 6.67. The van der Waals surface area contributed by atoms with Crippen molar-refractivity contribution in [3.63, 3.8) is 0 Å². The molecule has 0 saturated heterocycles. The molecule has 0 unspecified atom stereocenters. The van der Waals surface area contributed by atoms with Crippen LogP contribution in [0, 0.1) is 0 Å². The highest BCUT2D eigenvalue weighted by Gasteiger charge is 2.38. The second kappa shape index (κ2) is 5.77. The van der Waals surface area contributed by atoms with Crippen LogP contribution in [0.4, 0.5) is 0 Å². The molecule has 1 aliphatic rings. The smallest absolute Gasteiger partial charge is 0.0701 e. The minimum Gasteiger partial charge on any atom is -0.333 e. The van der Waals surface area contributed by atoms with E-state index in [9.17, 15) is 0 Å². The number of hydrogen-bond donors (Lipinski definition) is 0. The summed E-state index contributed by atoms with van der Waals surface area (Å²) >= 11 is 0. The summed E-state index contributed by atoms with van der Waals surface area (Å²) in [6, 6.07) is 0. The summed E-state index contributed by atoms with van der Waals surface area (Å²) in [4.78, 5) is 0. The minimum atomic E-state index is -0.930. The largest absolute Gasteiger partial charge is 0.333 e. The molecule has 0 heterocycles. The Kier molecular flexibility index (Phi) is 5.18. The predicted octanol–water partition coefficient (Wildman–Crippen LogP) is 4.89. The predicted molar refractivity (Wildman–Crippen MR) is 76.3 cm³/mol. The lowest BCUT2D eigenvalue weighted by molar-refractivity contribution is 0.231. The minimum absolute atomic E-state index is 0.558. The third kappa shape index (κ3) is 2.76. The molecule has 0 spiro atoms. The van der Waals surface area contributed by atoms with Crippen LogP contribution in [-0.4, -0.2) is 21.9 Å². The van der Waals surface area contributed by atoms with Crippen molar-refractivity contribution in [2.45, 2.75) is 89.1 Å². The molecular formula is C14H30OS. The molecule has 0 aromatic rings. The van der Waals surface area contributed by atoms with Gasteiger partial charge in [-0.1, -0.05) is 54.4 Å². The highest BCUT2D eigenvalue weighted by molar-refractivity contribution is 8.31. The zero-order valence-corrected chi connectivity index (χ0v) is 12.8. The zero-order chi connectivity index (χ0) is 12.3. The van der Waals surface area contributed by atoms with Gasteiger partial charge < -0.3 is 4.18 Å². The Morgan fingerprint density at radius 2 is 1.19 bits per heavy atom. The Bertz CT molecular complexity index is 183. The first-order chi connectivity index (χ1) is 7.41. The van der Waals surface area contributed by atoms with Gasteiger partial charge in [0.25, 0.3) is 0 Å². The first kappa shape index (κ1) is 14.4. The molecule has 16 heavy (non-hydrogen) atoms. The highest BCUT2D eigenvalue weighted by Crippen LogP contribution is 2.62. The maximum absolute atomic E-state index is 6.67. The highest BCUT2D eigenvalue weighted by atomic mass is 32.3. The second-order valence-electron chi connectivity index (χ2n) is 5.85. The van der Waals surface area contributed by atoms with Crippen molar-refractivity contribution in [3.05, 3.63) is 0 Å². The molecule has 0 bridgehead atoms. The zero-order valence-electron chi connectivity index (χ0n) is 12.0. The monoisotopic (exact) mass is 246 g/mol. The van der Waals surface area contributed by atoms with Gasteiger partial charge in [-0.25, -0.2) is 0 Å². The van der Waals surface area contributed by atoms with Gasteiger partial charge in [-0.15, -0.1) is 10.3 Å². The Labute approximate surface area is 104 Å².